The zero-order valence-electron chi connectivity index (χ0n) is 9.51. The monoisotopic (exact) mass is 261 g/mol. The molecule has 0 aromatic rings. The molecule has 1 amide bonds. The molecule has 2 nitrogen and oxygen atoms in total. The molecule has 0 N–H and O–H groups in total. The first-order valence-electron chi connectivity index (χ1n) is 5.36. The summed E-state index contributed by atoms with van der Waals surface area (Å²) in [6.45, 7) is 9.14. The molecule has 0 aromatic heterocycles. The van der Waals surface area contributed by atoms with Gasteiger partial charge in [-0.2, -0.15) is 0 Å². The lowest BCUT2D eigenvalue weighted by molar-refractivity contribution is -0.133. The lowest BCUT2D eigenvalue weighted by Gasteiger charge is -2.29. The van der Waals surface area contributed by atoms with Crippen molar-refractivity contribution >= 4 is 21.8 Å². The highest BCUT2D eigenvalue weighted by molar-refractivity contribution is 9.10. The molecule has 3 heteroatoms. The lowest BCUT2D eigenvalue weighted by atomic mass is 10.1. The molecule has 1 heterocycles. The molecule has 1 rings (SSSR count). The Kier molecular flexibility index (Phi) is 3.62. The van der Waals surface area contributed by atoms with Gasteiger partial charge < -0.3 is 4.90 Å². The topological polar surface area (TPSA) is 20.3 Å². The summed E-state index contributed by atoms with van der Waals surface area (Å²) in [7, 11) is 0. The molecule has 0 saturated carbocycles. The molecule has 1 fully saturated rings. The molecule has 0 aromatic carbocycles. The van der Waals surface area contributed by atoms with Crippen molar-refractivity contribution in [1.82, 2.24) is 4.90 Å². The molecule has 0 spiro atoms. The van der Waals surface area contributed by atoms with E-state index in [-0.39, 0.29) is 5.91 Å². The summed E-state index contributed by atoms with van der Waals surface area (Å²) in [4.78, 5) is 14.1. The second-order valence-corrected chi connectivity index (χ2v) is 6.82. The second kappa shape index (κ2) is 4.21. The van der Waals surface area contributed by atoms with Gasteiger partial charge in [0.15, 0.2) is 0 Å². The Bertz CT molecular complexity index is 222. The van der Waals surface area contributed by atoms with Crippen molar-refractivity contribution in [2.75, 3.05) is 6.54 Å². The van der Waals surface area contributed by atoms with Crippen LogP contribution in [0.15, 0.2) is 0 Å². The maximum atomic E-state index is 12.1. The van der Waals surface area contributed by atoms with Crippen LogP contribution >= 0.6 is 15.9 Å². The van der Waals surface area contributed by atoms with Crippen molar-refractivity contribution in [3.05, 3.63) is 0 Å². The molecule has 1 aliphatic rings. The summed E-state index contributed by atoms with van der Waals surface area (Å²) >= 11 is 3.44. The van der Waals surface area contributed by atoms with Crippen molar-refractivity contribution in [3.8, 4) is 0 Å². The number of likely N-dealkylation sites (tertiary alicyclic amines) is 1. The fraction of sp³-hybridized carbons (Fsp3) is 0.909. The van der Waals surface area contributed by atoms with E-state index in [0.29, 0.717) is 12.0 Å². The number of hydrogen-bond donors (Lipinski definition) is 0. The van der Waals surface area contributed by atoms with Crippen molar-refractivity contribution in [2.24, 2.45) is 5.92 Å². The molecule has 1 aliphatic heterocycles. The van der Waals surface area contributed by atoms with Crippen LogP contribution < -0.4 is 0 Å². The minimum Gasteiger partial charge on any atom is -0.338 e. The molecule has 82 valence electrons. The molecule has 14 heavy (non-hydrogen) atoms. The van der Waals surface area contributed by atoms with E-state index >= 15 is 0 Å². The normalized spacial score (nSPS) is 28.2. The van der Waals surface area contributed by atoms with Gasteiger partial charge in [-0.1, -0.05) is 29.8 Å². The fourth-order valence-corrected chi connectivity index (χ4v) is 2.36. The van der Waals surface area contributed by atoms with Crippen LogP contribution in [0.2, 0.25) is 0 Å². The van der Waals surface area contributed by atoms with Crippen LogP contribution in [0, 0.1) is 5.92 Å². The fourth-order valence-electron chi connectivity index (χ4n) is 2.13. The maximum absolute atomic E-state index is 12.1. The summed E-state index contributed by atoms with van der Waals surface area (Å²) in [5, 5.41) is 0. The van der Waals surface area contributed by atoms with Crippen LogP contribution in [0.5, 0.6) is 0 Å². The van der Waals surface area contributed by atoms with Gasteiger partial charge in [0.05, 0.1) is 4.32 Å². The predicted molar refractivity (Wildman–Crippen MR) is 62.6 cm³/mol. The second-order valence-electron chi connectivity index (χ2n) is 4.83. The lowest BCUT2D eigenvalue weighted by Crippen LogP contribution is -2.44. The Labute approximate surface area is 95.2 Å². The van der Waals surface area contributed by atoms with E-state index in [0.717, 1.165) is 19.4 Å². The number of carbonyl (C=O) groups excluding carboxylic acids is 1. The highest BCUT2D eigenvalue weighted by Crippen LogP contribution is 2.29. The van der Waals surface area contributed by atoms with Gasteiger partial charge >= 0.3 is 0 Å². The largest absolute Gasteiger partial charge is 0.338 e. The van der Waals surface area contributed by atoms with Gasteiger partial charge in [0, 0.05) is 12.6 Å². The SMILES string of the molecule is CCC1CC(C)CN1C(=O)C(C)(C)Br. The van der Waals surface area contributed by atoms with E-state index in [1.165, 1.54) is 0 Å². The van der Waals surface area contributed by atoms with E-state index in [1.807, 2.05) is 18.7 Å². The van der Waals surface area contributed by atoms with Crippen LogP contribution in [-0.2, 0) is 4.79 Å². The van der Waals surface area contributed by atoms with E-state index < -0.39 is 4.32 Å². The summed E-state index contributed by atoms with van der Waals surface area (Å²) in [6, 6.07) is 0.453. The molecule has 0 aliphatic carbocycles. The van der Waals surface area contributed by atoms with Gasteiger partial charge in [0.25, 0.3) is 0 Å². The third-order valence-corrected chi connectivity index (χ3v) is 3.20. The maximum Gasteiger partial charge on any atom is 0.239 e. The third-order valence-electron chi connectivity index (χ3n) is 2.86. The van der Waals surface area contributed by atoms with Crippen LogP contribution in [-0.4, -0.2) is 27.7 Å². The minimum absolute atomic E-state index is 0.230. The highest BCUT2D eigenvalue weighted by Gasteiger charge is 2.37. The molecular formula is C11H20BrNO. The first-order chi connectivity index (χ1) is 6.36. The quantitative estimate of drug-likeness (QED) is 0.701. The van der Waals surface area contributed by atoms with Gasteiger partial charge in [0.2, 0.25) is 5.91 Å². The van der Waals surface area contributed by atoms with E-state index in [4.69, 9.17) is 0 Å². The number of hydrogen-bond acceptors (Lipinski definition) is 1. The van der Waals surface area contributed by atoms with Crippen molar-refractivity contribution in [2.45, 2.75) is 50.9 Å². The average Bonchev–Trinajstić information content (AvgIpc) is 2.43. The predicted octanol–water partition coefficient (Wildman–Crippen LogP) is 2.81. The Morgan fingerprint density at radius 1 is 1.57 bits per heavy atom. The van der Waals surface area contributed by atoms with E-state index in [2.05, 4.69) is 29.8 Å². The molecule has 0 bridgehead atoms. The zero-order chi connectivity index (χ0) is 10.9. The molecule has 2 unspecified atom stereocenters. The summed E-state index contributed by atoms with van der Waals surface area (Å²) in [5.41, 5.74) is 0. The van der Waals surface area contributed by atoms with Gasteiger partial charge in [-0.15, -0.1) is 0 Å². The average molecular weight is 262 g/mol. The summed E-state index contributed by atoms with van der Waals surface area (Å²) in [6.07, 6.45) is 2.23. The summed E-state index contributed by atoms with van der Waals surface area (Å²) in [5.74, 6) is 0.882. The first kappa shape index (κ1) is 12.0. The Hall–Kier alpha value is -0.0500. The van der Waals surface area contributed by atoms with Crippen LogP contribution in [0.1, 0.15) is 40.5 Å². The highest BCUT2D eigenvalue weighted by atomic mass is 79.9. The molecule has 1 saturated heterocycles. The molecule has 2 atom stereocenters. The van der Waals surface area contributed by atoms with Gasteiger partial charge in [-0.25, -0.2) is 0 Å². The van der Waals surface area contributed by atoms with Gasteiger partial charge in [-0.3, -0.25) is 4.79 Å². The molecule has 0 radical (unpaired) electrons. The first-order valence-corrected chi connectivity index (χ1v) is 6.15. The Morgan fingerprint density at radius 2 is 2.14 bits per heavy atom. The number of rotatable bonds is 2. The van der Waals surface area contributed by atoms with Crippen molar-refractivity contribution < 1.29 is 4.79 Å². The van der Waals surface area contributed by atoms with Gasteiger partial charge in [-0.05, 0) is 32.6 Å². The number of alkyl halides is 1. The van der Waals surface area contributed by atoms with E-state index in [9.17, 15) is 4.79 Å². The Morgan fingerprint density at radius 3 is 2.57 bits per heavy atom. The number of halogens is 1. The third kappa shape index (κ3) is 2.50. The standard InChI is InChI=1S/C11H20BrNO/c1-5-9-6-8(2)7-13(9)10(14)11(3,4)12/h8-9H,5-7H2,1-4H3. The van der Waals surface area contributed by atoms with Crippen LogP contribution in [0.4, 0.5) is 0 Å². The minimum atomic E-state index is -0.412. The Balaban J connectivity index is 2.72. The number of carbonyl (C=O) groups is 1. The van der Waals surface area contributed by atoms with Crippen molar-refractivity contribution in [3.63, 3.8) is 0 Å². The zero-order valence-corrected chi connectivity index (χ0v) is 11.1. The van der Waals surface area contributed by atoms with Crippen LogP contribution in [0.3, 0.4) is 0 Å². The smallest absolute Gasteiger partial charge is 0.239 e. The van der Waals surface area contributed by atoms with Gasteiger partial charge in [0.1, 0.15) is 0 Å². The van der Waals surface area contributed by atoms with Crippen LogP contribution in [0.25, 0.3) is 0 Å². The number of nitrogens with zero attached hydrogens (tertiary/aromatic N) is 1. The van der Waals surface area contributed by atoms with E-state index in [1.54, 1.807) is 0 Å². The van der Waals surface area contributed by atoms with Crippen molar-refractivity contribution in [1.29, 1.82) is 0 Å². The molecular weight excluding hydrogens is 242 g/mol. The summed E-state index contributed by atoms with van der Waals surface area (Å²) < 4.78 is -0.412. The number of amides is 1.